The highest BCUT2D eigenvalue weighted by atomic mass is 28.4. The van der Waals surface area contributed by atoms with Gasteiger partial charge in [0.2, 0.25) is 0 Å². The van der Waals surface area contributed by atoms with Crippen molar-refractivity contribution in [2.45, 2.75) is 123 Å². The van der Waals surface area contributed by atoms with Crippen LogP contribution in [0.1, 0.15) is 118 Å². The molecule has 8 nitrogen and oxygen atoms in total. The van der Waals surface area contributed by atoms with Crippen molar-refractivity contribution in [1.29, 1.82) is 0 Å². The number of benzene rings is 2. The van der Waals surface area contributed by atoms with Crippen LogP contribution in [0.25, 0.3) is 0 Å². The zero-order valence-corrected chi connectivity index (χ0v) is 34.9. The van der Waals surface area contributed by atoms with Gasteiger partial charge in [0, 0.05) is 6.42 Å². The van der Waals surface area contributed by atoms with E-state index in [9.17, 15) is 4.79 Å². The summed E-state index contributed by atoms with van der Waals surface area (Å²) in [6.45, 7) is 14.8. The fourth-order valence-electron chi connectivity index (χ4n) is 6.57. The van der Waals surface area contributed by atoms with Crippen molar-refractivity contribution in [3.8, 4) is 0 Å². The normalized spacial score (nSPS) is 12.0. The highest BCUT2D eigenvalue weighted by molar-refractivity contribution is 6.99. The zero-order valence-electron chi connectivity index (χ0n) is 33.9. The second-order valence-electron chi connectivity index (χ2n) is 14.8. The van der Waals surface area contributed by atoms with Crippen LogP contribution in [0, 0.1) is 0 Å². The Balaban J connectivity index is 1.34. The van der Waals surface area contributed by atoms with Gasteiger partial charge >= 0.3 is 5.97 Å². The summed E-state index contributed by atoms with van der Waals surface area (Å²) in [5.41, 5.74) is 0. The highest BCUT2D eigenvalue weighted by Gasteiger charge is 2.50. The lowest BCUT2D eigenvalue weighted by Gasteiger charge is -2.43. The maximum atomic E-state index is 11.9. The third-order valence-corrected chi connectivity index (χ3v) is 14.5. The summed E-state index contributed by atoms with van der Waals surface area (Å²) in [6.07, 6.45) is 17.4. The fourth-order valence-corrected chi connectivity index (χ4v) is 11.1. The highest BCUT2D eigenvalue weighted by Crippen LogP contribution is 2.36. The van der Waals surface area contributed by atoms with E-state index in [4.69, 9.17) is 32.8 Å². The molecule has 2 aromatic carbocycles. The molecule has 302 valence electrons. The van der Waals surface area contributed by atoms with Gasteiger partial charge in [-0.25, -0.2) is 0 Å². The smallest absolute Gasteiger partial charge is 0.305 e. The molecule has 0 amide bonds. The third-order valence-electron chi connectivity index (χ3n) is 9.43. The second-order valence-corrected chi connectivity index (χ2v) is 19.1. The molecule has 0 bridgehead atoms. The van der Waals surface area contributed by atoms with Crippen LogP contribution >= 0.6 is 0 Å². The van der Waals surface area contributed by atoms with Gasteiger partial charge < -0.3 is 32.8 Å². The van der Waals surface area contributed by atoms with E-state index in [1.165, 1.54) is 81.0 Å². The lowest BCUT2D eigenvalue weighted by molar-refractivity contribution is -0.145. The van der Waals surface area contributed by atoms with Crippen molar-refractivity contribution in [3.05, 3.63) is 60.7 Å². The third kappa shape index (κ3) is 21.5. The molecule has 0 aromatic heterocycles. The van der Waals surface area contributed by atoms with Gasteiger partial charge in [-0.05, 0) is 21.8 Å². The first kappa shape index (κ1) is 47.0. The molecule has 0 N–H and O–H groups in total. The molecule has 2 rings (SSSR count). The van der Waals surface area contributed by atoms with Gasteiger partial charge in [0.05, 0.1) is 72.7 Å². The number of rotatable bonds is 35. The molecule has 0 aliphatic rings. The van der Waals surface area contributed by atoms with E-state index in [1.807, 2.05) is 0 Å². The van der Waals surface area contributed by atoms with Gasteiger partial charge in [0.15, 0.2) is 0 Å². The first-order chi connectivity index (χ1) is 25.9. The molecule has 0 radical (unpaired) electrons. The molecule has 0 saturated carbocycles. The average Bonchev–Trinajstić information content (AvgIpc) is 3.16. The average molecular weight is 759 g/mol. The van der Waals surface area contributed by atoms with Gasteiger partial charge in [0.25, 0.3) is 8.32 Å². The molecular formula is C44H74O8Si. The van der Waals surface area contributed by atoms with Crippen molar-refractivity contribution in [1.82, 2.24) is 0 Å². The minimum absolute atomic E-state index is 0.0550. The molecule has 53 heavy (non-hydrogen) atoms. The molecule has 0 spiro atoms. The number of ether oxygens (including phenoxy) is 6. The molecule has 2 aromatic rings. The van der Waals surface area contributed by atoms with E-state index in [2.05, 4.69) is 88.4 Å². The van der Waals surface area contributed by atoms with Gasteiger partial charge in [-0.1, -0.05) is 165 Å². The van der Waals surface area contributed by atoms with Crippen molar-refractivity contribution in [2.75, 3.05) is 79.3 Å². The summed E-state index contributed by atoms with van der Waals surface area (Å²) in [5, 5.41) is 2.48. The molecule has 0 heterocycles. The van der Waals surface area contributed by atoms with E-state index in [0.29, 0.717) is 85.7 Å². The van der Waals surface area contributed by atoms with Crippen molar-refractivity contribution in [3.63, 3.8) is 0 Å². The molecule has 0 aliphatic heterocycles. The minimum atomic E-state index is -2.54. The SMILES string of the molecule is CCCCCCCCCCCCCCCC(=O)OCCOCCOCCOCCOCCOCCO[Si](c1ccccc1)(c1ccccc1)C(C)(C)C. The maximum Gasteiger partial charge on any atom is 0.305 e. The fraction of sp³-hybridized carbons (Fsp3) is 0.705. The Morgan fingerprint density at radius 1 is 0.472 bits per heavy atom. The van der Waals surface area contributed by atoms with Crippen LogP contribution in [-0.2, 0) is 37.6 Å². The molecule has 0 fully saturated rings. The molecule has 9 heteroatoms. The summed E-state index contributed by atoms with van der Waals surface area (Å²) >= 11 is 0. The summed E-state index contributed by atoms with van der Waals surface area (Å²) in [6, 6.07) is 21.3. The number of hydrogen-bond donors (Lipinski definition) is 0. The van der Waals surface area contributed by atoms with Crippen molar-refractivity contribution < 1.29 is 37.6 Å². The predicted molar refractivity (Wildman–Crippen MR) is 219 cm³/mol. The topological polar surface area (TPSA) is 81.7 Å². The van der Waals surface area contributed by atoms with Gasteiger partial charge in [-0.3, -0.25) is 4.79 Å². The lowest BCUT2D eigenvalue weighted by atomic mass is 10.0. The number of hydrogen-bond acceptors (Lipinski definition) is 8. The van der Waals surface area contributed by atoms with E-state index in [1.54, 1.807) is 0 Å². The molecule has 0 unspecified atom stereocenters. The first-order valence-electron chi connectivity index (χ1n) is 20.7. The molecule has 0 saturated heterocycles. The summed E-state index contributed by atoms with van der Waals surface area (Å²) in [5.74, 6) is -0.126. The van der Waals surface area contributed by atoms with E-state index < -0.39 is 8.32 Å². The van der Waals surface area contributed by atoms with Gasteiger partial charge in [-0.2, -0.15) is 0 Å². The standard InChI is InChI=1S/C44H74O8Si/c1-5-6-7-8-9-10-11-12-13-14-15-16-23-28-43(45)51-39-37-49-35-33-47-31-29-46-30-32-48-34-36-50-38-40-52-53(44(2,3)4,41-24-19-17-20-25-41)42-26-21-18-22-27-42/h17-22,24-27H,5-16,23,28-40H2,1-4H3. The maximum absolute atomic E-state index is 11.9. The Morgan fingerprint density at radius 3 is 1.19 bits per heavy atom. The van der Waals surface area contributed by atoms with Gasteiger partial charge in [0.1, 0.15) is 6.61 Å². The van der Waals surface area contributed by atoms with Crippen molar-refractivity contribution in [2.24, 2.45) is 0 Å². The predicted octanol–water partition coefficient (Wildman–Crippen LogP) is 8.67. The van der Waals surface area contributed by atoms with Gasteiger partial charge in [-0.15, -0.1) is 0 Å². The largest absolute Gasteiger partial charge is 0.463 e. The summed E-state index contributed by atoms with van der Waals surface area (Å²) in [4.78, 5) is 11.9. The molecule has 0 atom stereocenters. The van der Waals surface area contributed by atoms with Crippen LogP contribution in [0.3, 0.4) is 0 Å². The van der Waals surface area contributed by atoms with E-state index in [0.717, 1.165) is 12.8 Å². The van der Waals surface area contributed by atoms with E-state index >= 15 is 0 Å². The number of carbonyl (C=O) groups excluding carboxylic acids is 1. The quantitative estimate of drug-likeness (QED) is 0.0393. The lowest BCUT2D eigenvalue weighted by Crippen LogP contribution is -2.66. The Labute approximate surface area is 324 Å². The Bertz CT molecular complexity index is 1070. The molecular weight excluding hydrogens is 685 g/mol. The van der Waals surface area contributed by atoms with Crippen LogP contribution in [0.15, 0.2) is 60.7 Å². The van der Waals surface area contributed by atoms with Crippen molar-refractivity contribution >= 4 is 24.7 Å². The number of unbranched alkanes of at least 4 members (excludes halogenated alkanes) is 12. The van der Waals surface area contributed by atoms with Crippen LogP contribution in [-0.4, -0.2) is 93.6 Å². The van der Waals surface area contributed by atoms with Crippen LogP contribution in [0.2, 0.25) is 5.04 Å². The Morgan fingerprint density at radius 2 is 0.811 bits per heavy atom. The van der Waals surface area contributed by atoms with Crippen LogP contribution in [0.5, 0.6) is 0 Å². The monoisotopic (exact) mass is 759 g/mol. The molecule has 0 aliphatic carbocycles. The summed E-state index contributed by atoms with van der Waals surface area (Å²) in [7, 11) is -2.54. The summed E-state index contributed by atoms with van der Waals surface area (Å²) < 4.78 is 40.3. The van der Waals surface area contributed by atoms with Crippen LogP contribution in [0.4, 0.5) is 0 Å². The minimum Gasteiger partial charge on any atom is -0.463 e. The number of esters is 1. The van der Waals surface area contributed by atoms with Crippen LogP contribution < -0.4 is 10.4 Å². The van der Waals surface area contributed by atoms with E-state index in [-0.39, 0.29) is 11.0 Å². The zero-order chi connectivity index (χ0) is 38.1. The number of carbonyl (C=O) groups is 1. The Hall–Kier alpha value is -2.11. The Kier molecular flexibility index (Phi) is 27.6. The first-order valence-corrected chi connectivity index (χ1v) is 22.6. The second kappa shape index (κ2) is 31.1.